The fourth-order valence-corrected chi connectivity index (χ4v) is 3.57. The zero-order valence-electron chi connectivity index (χ0n) is 7.92. The van der Waals surface area contributed by atoms with E-state index in [1.165, 1.54) is 12.1 Å². The van der Waals surface area contributed by atoms with Gasteiger partial charge in [0.05, 0.1) is 10.6 Å². The molecule has 1 rings (SSSR count). The number of sulfonamides is 1. The Labute approximate surface area is 106 Å². The van der Waals surface area contributed by atoms with E-state index in [9.17, 15) is 8.42 Å². The maximum Gasteiger partial charge on any atom is 0.240 e. The molecular formula is C8H10Br2N2O2S. The maximum absolute atomic E-state index is 11.7. The summed E-state index contributed by atoms with van der Waals surface area (Å²) in [7, 11) is -3.44. The van der Waals surface area contributed by atoms with Crippen molar-refractivity contribution in [3.05, 3.63) is 21.1 Å². The Hall–Kier alpha value is -0.110. The van der Waals surface area contributed by atoms with Gasteiger partial charge in [0.1, 0.15) is 0 Å². The van der Waals surface area contributed by atoms with Crippen molar-refractivity contribution in [1.29, 1.82) is 0 Å². The predicted molar refractivity (Wildman–Crippen MR) is 67.1 cm³/mol. The van der Waals surface area contributed by atoms with Gasteiger partial charge in [-0.15, -0.1) is 0 Å². The van der Waals surface area contributed by atoms with Gasteiger partial charge in [-0.2, -0.15) is 0 Å². The summed E-state index contributed by atoms with van der Waals surface area (Å²) < 4.78 is 26.8. The molecule has 0 aliphatic rings. The van der Waals surface area contributed by atoms with Crippen molar-refractivity contribution in [3.8, 4) is 0 Å². The van der Waals surface area contributed by atoms with Crippen molar-refractivity contribution in [2.24, 2.45) is 0 Å². The van der Waals surface area contributed by atoms with Crippen LogP contribution in [0.1, 0.15) is 6.92 Å². The van der Waals surface area contributed by atoms with Crippen LogP contribution in [-0.2, 0) is 10.0 Å². The lowest BCUT2D eigenvalue weighted by molar-refractivity contribution is 0.584. The van der Waals surface area contributed by atoms with Crippen LogP contribution in [0.4, 0.5) is 5.69 Å². The third-order valence-corrected chi connectivity index (χ3v) is 4.53. The van der Waals surface area contributed by atoms with Gasteiger partial charge >= 0.3 is 0 Å². The van der Waals surface area contributed by atoms with Gasteiger partial charge in [0.15, 0.2) is 0 Å². The van der Waals surface area contributed by atoms with E-state index in [4.69, 9.17) is 5.73 Å². The summed E-state index contributed by atoms with van der Waals surface area (Å²) in [6.07, 6.45) is 0. The molecule has 0 bridgehead atoms. The second kappa shape index (κ2) is 4.82. The fourth-order valence-electron chi connectivity index (χ4n) is 0.990. The van der Waals surface area contributed by atoms with E-state index >= 15 is 0 Å². The molecule has 3 N–H and O–H groups in total. The minimum absolute atomic E-state index is 0.178. The Kier molecular flexibility index (Phi) is 4.16. The van der Waals surface area contributed by atoms with E-state index < -0.39 is 10.0 Å². The van der Waals surface area contributed by atoms with E-state index in [0.29, 0.717) is 21.2 Å². The molecule has 4 nitrogen and oxygen atoms in total. The molecule has 0 heterocycles. The Balaban J connectivity index is 3.29. The summed E-state index contributed by atoms with van der Waals surface area (Å²) in [5.41, 5.74) is 6.14. The SMILES string of the molecule is CCNS(=O)(=O)c1cc(Br)c(N)c(Br)c1. The van der Waals surface area contributed by atoms with Gasteiger partial charge < -0.3 is 5.73 Å². The van der Waals surface area contributed by atoms with Gasteiger partial charge in [0, 0.05) is 15.5 Å². The predicted octanol–water partition coefficient (Wildman–Crippen LogP) is 2.09. The lowest BCUT2D eigenvalue weighted by Gasteiger charge is -2.08. The van der Waals surface area contributed by atoms with Crippen LogP contribution in [0.3, 0.4) is 0 Å². The van der Waals surface area contributed by atoms with Crippen LogP contribution in [0.25, 0.3) is 0 Å². The van der Waals surface area contributed by atoms with Crippen molar-refractivity contribution in [2.45, 2.75) is 11.8 Å². The zero-order valence-corrected chi connectivity index (χ0v) is 11.9. The standard InChI is InChI=1S/C8H10Br2N2O2S/c1-2-12-15(13,14)5-3-6(9)8(11)7(10)4-5/h3-4,12H,2,11H2,1H3. The fraction of sp³-hybridized carbons (Fsp3) is 0.250. The first kappa shape index (κ1) is 13.0. The maximum atomic E-state index is 11.7. The molecule has 7 heteroatoms. The number of nitrogens with one attached hydrogen (secondary N) is 1. The number of hydrogen-bond donors (Lipinski definition) is 2. The third kappa shape index (κ3) is 2.93. The first-order valence-electron chi connectivity index (χ1n) is 4.12. The van der Waals surface area contributed by atoms with Crippen molar-refractivity contribution < 1.29 is 8.42 Å². The lowest BCUT2D eigenvalue weighted by atomic mass is 10.3. The summed E-state index contributed by atoms with van der Waals surface area (Å²) >= 11 is 6.39. The molecule has 0 saturated carbocycles. The van der Waals surface area contributed by atoms with Crippen LogP contribution in [0.15, 0.2) is 26.0 Å². The number of rotatable bonds is 3. The first-order chi connectivity index (χ1) is 6.88. The summed E-state index contributed by atoms with van der Waals surface area (Å²) in [5.74, 6) is 0. The molecular weight excluding hydrogens is 348 g/mol. The highest BCUT2D eigenvalue weighted by Gasteiger charge is 2.15. The molecule has 1 aromatic carbocycles. The largest absolute Gasteiger partial charge is 0.397 e. The smallest absolute Gasteiger partial charge is 0.240 e. The van der Waals surface area contributed by atoms with Gasteiger partial charge in [-0.05, 0) is 44.0 Å². The molecule has 0 aromatic heterocycles. The van der Waals surface area contributed by atoms with Gasteiger partial charge in [-0.1, -0.05) is 6.92 Å². The van der Waals surface area contributed by atoms with Crippen molar-refractivity contribution >= 4 is 47.6 Å². The van der Waals surface area contributed by atoms with E-state index in [-0.39, 0.29) is 4.90 Å². The normalized spacial score (nSPS) is 11.7. The minimum Gasteiger partial charge on any atom is -0.397 e. The summed E-state index contributed by atoms with van der Waals surface area (Å²) in [6, 6.07) is 2.94. The van der Waals surface area contributed by atoms with E-state index in [2.05, 4.69) is 36.6 Å². The van der Waals surface area contributed by atoms with E-state index in [1.807, 2.05) is 0 Å². The zero-order chi connectivity index (χ0) is 11.6. The Morgan fingerprint density at radius 2 is 1.80 bits per heavy atom. The second-order valence-electron chi connectivity index (χ2n) is 2.80. The summed E-state index contributed by atoms with van der Waals surface area (Å²) in [5, 5.41) is 0. The molecule has 1 aromatic rings. The summed E-state index contributed by atoms with van der Waals surface area (Å²) in [4.78, 5) is 0.178. The second-order valence-corrected chi connectivity index (χ2v) is 6.28. The van der Waals surface area contributed by atoms with Crippen LogP contribution in [0, 0.1) is 0 Å². The molecule has 0 unspecified atom stereocenters. The van der Waals surface area contributed by atoms with Crippen molar-refractivity contribution in [2.75, 3.05) is 12.3 Å². The molecule has 0 saturated heterocycles. The number of anilines is 1. The lowest BCUT2D eigenvalue weighted by Crippen LogP contribution is -2.23. The van der Waals surface area contributed by atoms with Crippen molar-refractivity contribution in [3.63, 3.8) is 0 Å². The average Bonchev–Trinajstić information content (AvgIpc) is 2.13. The van der Waals surface area contributed by atoms with Gasteiger partial charge in [-0.25, -0.2) is 13.1 Å². The van der Waals surface area contributed by atoms with E-state index in [1.54, 1.807) is 6.92 Å². The monoisotopic (exact) mass is 356 g/mol. The molecule has 15 heavy (non-hydrogen) atoms. The number of benzene rings is 1. The average molecular weight is 358 g/mol. The quantitative estimate of drug-likeness (QED) is 0.813. The van der Waals surface area contributed by atoms with Gasteiger partial charge in [0.2, 0.25) is 10.0 Å². The highest BCUT2D eigenvalue weighted by Crippen LogP contribution is 2.31. The first-order valence-corrected chi connectivity index (χ1v) is 7.19. The Bertz CT molecular complexity index is 451. The third-order valence-electron chi connectivity index (χ3n) is 1.70. The molecule has 0 aliphatic carbocycles. The number of nitrogens with two attached hydrogens (primary N) is 1. The molecule has 84 valence electrons. The van der Waals surface area contributed by atoms with Crippen LogP contribution in [0.2, 0.25) is 0 Å². The van der Waals surface area contributed by atoms with Crippen LogP contribution in [-0.4, -0.2) is 15.0 Å². The molecule has 0 fully saturated rings. The number of nitrogen functional groups attached to an aromatic ring is 1. The van der Waals surface area contributed by atoms with Crippen LogP contribution >= 0.6 is 31.9 Å². The number of hydrogen-bond acceptors (Lipinski definition) is 3. The molecule has 0 amide bonds. The molecule has 0 atom stereocenters. The Morgan fingerprint density at radius 3 is 2.20 bits per heavy atom. The van der Waals surface area contributed by atoms with Gasteiger partial charge in [-0.3, -0.25) is 0 Å². The molecule has 0 spiro atoms. The Morgan fingerprint density at radius 1 is 1.33 bits per heavy atom. The minimum atomic E-state index is -3.44. The van der Waals surface area contributed by atoms with Gasteiger partial charge in [0.25, 0.3) is 0 Å². The topological polar surface area (TPSA) is 72.2 Å². The molecule has 0 aliphatic heterocycles. The van der Waals surface area contributed by atoms with Crippen molar-refractivity contribution in [1.82, 2.24) is 4.72 Å². The number of halogens is 2. The molecule has 0 radical (unpaired) electrons. The van der Waals surface area contributed by atoms with E-state index in [0.717, 1.165) is 0 Å². The van der Waals surface area contributed by atoms with Crippen LogP contribution in [0.5, 0.6) is 0 Å². The van der Waals surface area contributed by atoms with Crippen LogP contribution < -0.4 is 10.5 Å². The highest BCUT2D eigenvalue weighted by molar-refractivity contribution is 9.11. The highest BCUT2D eigenvalue weighted by atomic mass is 79.9. The summed E-state index contributed by atoms with van der Waals surface area (Å²) in [6.45, 7) is 2.07.